The van der Waals surface area contributed by atoms with Gasteiger partial charge in [0.1, 0.15) is 6.10 Å². The number of imide groups is 1. The topological polar surface area (TPSA) is 90.3 Å². The minimum Gasteiger partial charge on any atom is -0.504 e. The first-order valence-corrected chi connectivity index (χ1v) is 14.4. The summed E-state index contributed by atoms with van der Waals surface area (Å²) in [6.07, 6.45) is 7.63. The summed E-state index contributed by atoms with van der Waals surface area (Å²) in [6.45, 7) is 6.01. The lowest BCUT2D eigenvalue weighted by Gasteiger charge is -2.62. The van der Waals surface area contributed by atoms with Crippen molar-refractivity contribution in [3.05, 3.63) is 34.4 Å². The number of rotatable bonds is 4. The summed E-state index contributed by atoms with van der Waals surface area (Å²) in [5, 5.41) is 23.8. The average molecular weight is 507 g/mol. The molecule has 3 fully saturated rings. The zero-order valence-corrected chi connectivity index (χ0v) is 22.0. The number of carbonyl (C=O) groups excluding carboxylic acids is 2. The maximum absolute atomic E-state index is 13.7. The van der Waals surface area contributed by atoms with E-state index in [1.165, 1.54) is 17.7 Å². The van der Waals surface area contributed by atoms with Crippen molar-refractivity contribution in [2.45, 2.75) is 107 Å². The van der Waals surface area contributed by atoms with Crippen LogP contribution >= 0.6 is 0 Å². The smallest absolute Gasteiger partial charge is 0.257 e. The van der Waals surface area contributed by atoms with Crippen molar-refractivity contribution in [3.8, 4) is 11.5 Å². The fourth-order valence-electron chi connectivity index (χ4n) is 8.82. The highest BCUT2D eigenvalue weighted by molar-refractivity contribution is 6.19. The van der Waals surface area contributed by atoms with Gasteiger partial charge in [0.2, 0.25) is 0 Å². The Morgan fingerprint density at radius 1 is 1.05 bits per heavy atom. The maximum atomic E-state index is 13.7. The third-order valence-corrected chi connectivity index (χ3v) is 10.6. The molecule has 198 valence electrons. The first kappa shape index (κ1) is 23.7. The molecule has 0 bridgehead atoms. The lowest BCUT2D eigenvalue weighted by atomic mass is 9.51. The number of benzene rings is 1. The molecule has 6 aliphatic rings. The van der Waals surface area contributed by atoms with E-state index < -0.39 is 23.2 Å². The predicted octanol–water partition coefficient (Wildman–Crippen LogP) is 3.73. The van der Waals surface area contributed by atoms with Gasteiger partial charge in [-0.25, -0.2) is 0 Å². The van der Waals surface area contributed by atoms with Gasteiger partial charge in [0.15, 0.2) is 11.5 Å². The number of ether oxygens (including phenoxy) is 1. The first-order valence-electron chi connectivity index (χ1n) is 14.4. The molecular weight excluding hydrogens is 468 g/mol. The van der Waals surface area contributed by atoms with Crippen LogP contribution in [-0.4, -0.2) is 68.7 Å². The molecule has 3 unspecified atom stereocenters. The van der Waals surface area contributed by atoms with Crippen LogP contribution in [0.25, 0.3) is 0 Å². The third-order valence-electron chi connectivity index (χ3n) is 10.6. The summed E-state index contributed by atoms with van der Waals surface area (Å²) >= 11 is 0. The minimum absolute atomic E-state index is 0.0436. The standard InChI is InChI=1S/C30H38N2O5/c1-3-23-30(36)13-12-21(32-27(34)19-6-4-5-7-20(19)28(32)35)26-29(30,14-15-31(23)16-18-9-10-18)24-17(2)8-11-22(33)25(24)37-26/h8,11,18,21,23,26,33,36H,3-7,9-10,12-16H2,1-2H3/t21?,23-,26?,29+,30?/m1/s1. The average Bonchev–Trinajstić information content (AvgIpc) is 3.58. The fourth-order valence-corrected chi connectivity index (χ4v) is 8.82. The Labute approximate surface area is 218 Å². The van der Waals surface area contributed by atoms with Crippen LogP contribution in [0.4, 0.5) is 0 Å². The van der Waals surface area contributed by atoms with Crippen molar-refractivity contribution in [1.29, 1.82) is 0 Å². The van der Waals surface area contributed by atoms with E-state index in [0.29, 0.717) is 54.9 Å². The van der Waals surface area contributed by atoms with E-state index in [1.54, 1.807) is 6.07 Å². The molecule has 2 saturated carbocycles. The number of aromatic hydroxyl groups is 1. The van der Waals surface area contributed by atoms with Gasteiger partial charge in [-0.2, -0.15) is 0 Å². The lowest BCUT2D eigenvalue weighted by molar-refractivity contribution is -0.197. The Hall–Kier alpha value is -2.38. The minimum atomic E-state index is -1.08. The molecular formula is C30H38N2O5. The number of nitrogens with zero attached hydrogens (tertiary/aromatic N) is 2. The summed E-state index contributed by atoms with van der Waals surface area (Å²) in [6, 6.07) is 3.05. The van der Waals surface area contributed by atoms with Crippen LogP contribution in [0.5, 0.6) is 11.5 Å². The molecule has 3 aliphatic heterocycles. The Morgan fingerprint density at radius 3 is 2.41 bits per heavy atom. The van der Waals surface area contributed by atoms with E-state index >= 15 is 0 Å². The van der Waals surface area contributed by atoms with Gasteiger partial charge in [0.25, 0.3) is 11.8 Å². The molecule has 1 spiro atoms. The van der Waals surface area contributed by atoms with Crippen molar-refractivity contribution in [1.82, 2.24) is 9.80 Å². The maximum Gasteiger partial charge on any atom is 0.257 e. The second-order valence-electron chi connectivity index (χ2n) is 12.4. The molecule has 37 heavy (non-hydrogen) atoms. The molecule has 2 N–H and O–H groups in total. The Bertz CT molecular complexity index is 1190. The SMILES string of the molecule is CC[C@H]1N(CC2CC2)CC[C@]23c4c(C)ccc(O)c4OC2C(N2C(=O)C4=C(CCCC4)C2=O)CCC13O. The molecule has 1 aromatic rings. The van der Waals surface area contributed by atoms with Gasteiger partial charge in [0.05, 0.1) is 17.1 Å². The normalized spacial score (nSPS) is 37.3. The van der Waals surface area contributed by atoms with Crippen LogP contribution in [0.15, 0.2) is 23.3 Å². The third kappa shape index (κ3) is 3.01. The molecule has 0 radical (unpaired) electrons. The number of carbonyl (C=O) groups is 2. The molecule has 0 aromatic heterocycles. The van der Waals surface area contributed by atoms with Crippen LogP contribution < -0.4 is 4.74 Å². The summed E-state index contributed by atoms with van der Waals surface area (Å²) in [7, 11) is 0. The molecule has 3 aliphatic carbocycles. The predicted molar refractivity (Wildman–Crippen MR) is 137 cm³/mol. The molecule has 7 rings (SSSR count). The van der Waals surface area contributed by atoms with E-state index in [1.807, 2.05) is 13.0 Å². The summed E-state index contributed by atoms with van der Waals surface area (Å²) < 4.78 is 6.65. The number of likely N-dealkylation sites (tertiary alicyclic amines) is 1. The van der Waals surface area contributed by atoms with Gasteiger partial charge in [-0.15, -0.1) is 0 Å². The molecule has 7 nitrogen and oxygen atoms in total. The van der Waals surface area contributed by atoms with Crippen LogP contribution in [0.3, 0.4) is 0 Å². The zero-order valence-electron chi connectivity index (χ0n) is 22.0. The van der Waals surface area contributed by atoms with E-state index in [-0.39, 0.29) is 23.6 Å². The van der Waals surface area contributed by atoms with Crippen molar-refractivity contribution >= 4 is 11.8 Å². The monoisotopic (exact) mass is 506 g/mol. The Morgan fingerprint density at radius 2 is 1.76 bits per heavy atom. The molecule has 5 atom stereocenters. The second kappa shape index (κ2) is 8.06. The number of aryl methyl sites for hydroxylation is 1. The van der Waals surface area contributed by atoms with Crippen molar-refractivity contribution in [2.24, 2.45) is 5.92 Å². The number of hydrogen-bond donors (Lipinski definition) is 2. The van der Waals surface area contributed by atoms with Gasteiger partial charge in [0, 0.05) is 29.3 Å². The Balaban J connectivity index is 1.35. The van der Waals surface area contributed by atoms with Crippen LogP contribution in [0.1, 0.15) is 82.3 Å². The van der Waals surface area contributed by atoms with Gasteiger partial charge in [-0.05, 0) is 95.2 Å². The number of piperidine rings is 1. The number of aliphatic hydroxyl groups is 1. The van der Waals surface area contributed by atoms with Gasteiger partial charge in [-0.3, -0.25) is 19.4 Å². The number of phenolic OH excluding ortho intramolecular Hbond substituents is 1. The van der Waals surface area contributed by atoms with E-state index in [4.69, 9.17) is 4.74 Å². The molecule has 1 saturated heterocycles. The summed E-state index contributed by atoms with van der Waals surface area (Å²) in [5.74, 6) is 0.884. The highest BCUT2D eigenvalue weighted by atomic mass is 16.5. The fraction of sp³-hybridized carbons (Fsp3) is 0.667. The van der Waals surface area contributed by atoms with Crippen molar-refractivity contribution in [3.63, 3.8) is 0 Å². The van der Waals surface area contributed by atoms with Gasteiger partial charge < -0.3 is 14.9 Å². The molecule has 2 amide bonds. The summed E-state index contributed by atoms with van der Waals surface area (Å²) in [5.41, 5.74) is 1.36. The van der Waals surface area contributed by atoms with E-state index in [2.05, 4.69) is 11.8 Å². The van der Waals surface area contributed by atoms with Crippen LogP contribution in [0.2, 0.25) is 0 Å². The largest absolute Gasteiger partial charge is 0.504 e. The molecule has 7 heteroatoms. The molecule has 1 aromatic carbocycles. The number of phenols is 1. The first-order chi connectivity index (χ1) is 17.8. The number of hydrogen-bond acceptors (Lipinski definition) is 6. The van der Waals surface area contributed by atoms with Gasteiger partial charge in [-0.1, -0.05) is 13.0 Å². The number of fused-ring (bicyclic) bond motifs is 1. The van der Waals surface area contributed by atoms with E-state index in [9.17, 15) is 19.8 Å². The quantitative estimate of drug-likeness (QED) is 0.605. The number of amides is 2. The van der Waals surface area contributed by atoms with Crippen LogP contribution in [0, 0.1) is 12.8 Å². The highest BCUT2D eigenvalue weighted by Crippen LogP contribution is 2.64. The Kier molecular flexibility index (Phi) is 5.17. The highest BCUT2D eigenvalue weighted by Gasteiger charge is 2.72. The van der Waals surface area contributed by atoms with Crippen LogP contribution in [-0.2, 0) is 15.0 Å². The second-order valence-corrected chi connectivity index (χ2v) is 12.4. The van der Waals surface area contributed by atoms with Crippen molar-refractivity contribution < 1.29 is 24.5 Å². The lowest BCUT2D eigenvalue weighted by Crippen LogP contribution is -2.76. The molecule has 3 heterocycles. The van der Waals surface area contributed by atoms with E-state index in [0.717, 1.165) is 43.5 Å². The van der Waals surface area contributed by atoms with Crippen molar-refractivity contribution in [2.75, 3.05) is 13.1 Å². The zero-order chi connectivity index (χ0) is 25.7. The van der Waals surface area contributed by atoms with Gasteiger partial charge >= 0.3 is 0 Å². The summed E-state index contributed by atoms with van der Waals surface area (Å²) in [4.78, 5) is 31.3.